The van der Waals surface area contributed by atoms with Gasteiger partial charge in [0.25, 0.3) is 0 Å². The predicted molar refractivity (Wildman–Crippen MR) is 128 cm³/mol. The van der Waals surface area contributed by atoms with Crippen molar-refractivity contribution in [1.82, 2.24) is 20.9 Å². The van der Waals surface area contributed by atoms with Gasteiger partial charge in [0.05, 0.1) is 6.54 Å². The second-order valence-corrected chi connectivity index (χ2v) is 7.86. The molecule has 7 heteroatoms. The fourth-order valence-electron chi connectivity index (χ4n) is 3.08. The Morgan fingerprint density at radius 2 is 1.70 bits per heavy atom. The molecular formula is C23H42N6O. The zero-order chi connectivity index (χ0) is 22.4. The van der Waals surface area contributed by atoms with E-state index in [0.29, 0.717) is 12.6 Å². The van der Waals surface area contributed by atoms with Crippen LogP contribution in [0.15, 0.2) is 29.3 Å². The molecule has 1 rings (SSSR count). The zero-order valence-electron chi connectivity index (χ0n) is 19.7. The van der Waals surface area contributed by atoms with E-state index >= 15 is 0 Å². The molecule has 0 fully saturated rings. The van der Waals surface area contributed by atoms with E-state index in [1.165, 1.54) is 6.42 Å². The maximum atomic E-state index is 11.8. The third-order valence-corrected chi connectivity index (χ3v) is 4.78. The lowest BCUT2D eigenvalue weighted by Gasteiger charge is -2.21. The Labute approximate surface area is 183 Å². The first kappa shape index (κ1) is 25.8. The number of carbonyl (C=O) groups excluding carboxylic acids is 1. The van der Waals surface area contributed by atoms with Gasteiger partial charge < -0.3 is 26.2 Å². The lowest BCUT2D eigenvalue weighted by atomic mass is 10.2. The van der Waals surface area contributed by atoms with Crippen LogP contribution < -0.4 is 21.3 Å². The molecular weight excluding hydrogens is 376 g/mol. The molecule has 0 bridgehead atoms. The van der Waals surface area contributed by atoms with Crippen molar-refractivity contribution in [3.63, 3.8) is 0 Å². The molecule has 170 valence electrons. The summed E-state index contributed by atoms with van der Waals surface area (Å²) < 4.78 is 0. The Bertz CT molecular complexity index is 625. The molecule has 0 spiro atoms. The van der Waals surface area contributed by atoms with Gasteiger partial charge in [-0.3, -0.25) is 0 Å². The van der Waals surface area contributed by atoms with Crippen molar-refractivity contribution in [3.8, 4) is 0 Å². The highest BCUT2D eigenvalue weighted by Crippen LogP contribution is 2.10. The molecule has 0 saturated carbocycles. The van der Waals surface area contributed by atoms with Gasteiger partial charge in [0, 0.05) is 24.3 Å². The highest BCUT2D eigenvalue weighted by Gasteiger charge is 2.07. The molecule has 0 aliphatic rings. The van der Waals surface area contributed by atoms with Gasteiger partial charge in [0.1, 0.15) is 0 Å². The van der Waals surface area contributed by atoms with Crippen molar-refractivity contribution in [2.45, 2.75) is 73.0 Å². The van der Waals surface area contributed by atoms with Crippen LogP contribution in [0.1, 0.15) is 59.9 Å². The van der Waals surface area contributed by atoms with Crippen molar-refractivity contribution in [1.29, 1.82) is 0 Å². The van der Waals surface area contributed by atoms with Gasteiger partial charge in [-0.1, -0.05) is 26.0 Å². The average molecular weight is 419 g/mol. The number of aliphatic imine (C=N–C) groups is 1. The van der Waals surface area contributed by atoms with Gasteiger partial charge in [-0.2, -0.15) is 0 Å². The Kier molecular flexibility index (Phi) is 12.6. The molecule has 0 saturated heterocycles. The van der Waals surface area contributed by atoms with E-state index < -0.39 is 0 Å². The van der Waals surface area contributed by atoms with Crippen LogP contribution in [0.5, 0.6) is 0 Å². The molecule has 4 N–H and O–H groups in total. The van der Waals surface area contributed by atoms with E-state index in [4.69, 9.17) is 4.99 Å². The summed E-state index contributed by atoms with van der Waals surface area (Å²) in [5.41, 5.74) is 1.86. The van der Waals surface area contributed by atoms with Gasteiger partial charge in [-0.25, -0.2) is 9.79 Å². The maximum Gasteiger partial charge on any atom is 0.319 e. The predicted octanol–water partition coefficient (Wildman–Crippen LogP) is 3.78. The number of nitrogens with one attached hydrogen (secondary N) is 4. The first-order chi connectivity index (χ1) is 14.4. The Morgan fingerprint density at radius 3 is 2.27 bits per heavy atom. The number of carbonyl (C=O) groups is 1. The normalized spacial score (nSPS) is 12.7. The van der Waals surface area contributed by atoms with Gasteiger partial charge in [-0.15, -0.1) is 0 Å². The van der Waals surface area contributed by atoms with Crippen LogP contribution in [-0.4, -0.2) is 55.2 Å². The topological polar surface area (TPSA) is 80.8 Å². The molecule has 0 radical (unpaired) electrons. The van der Waals surface area contributed by atoms with Crippen LogP contribution in [0.25, 0.3) is 0 Å². The Balaban J connectivity index is 2.53. The third kappa shape index (κ3) is 11.0. The molecule has 0 aliphatic carbocycles. The minimum Gasteiger partial charge on any atom is -0.357 e. The quantitative estimate of drug-likeness (QED) is 0.308. The van der Waals surface area contributed by atoms with Crippen molar-refractivity contribution < 1.29 is 4.79 Å². The maximum absolute atomic E-state index is 11.8. The standard InChI is InChI=1S/C23H42N6O/c1-7-24-22(27-19(6)11-10-16-29(8-2)9-3)25-17-20-12-14-21(15-13-20)28-23(30)26-18(4)5/h12-15,18-19H,7-11,16-17H2,1-6H3,(H2,24,25,27)(H2,26,28,30). The van der Waals surface area contributed by atoms with Crippen LogP contribution in [0, 0.1) is 0 Å². The van der Waals surface area contributed by atoms with E-state index in [0.717, 1.165) is 49.8 Å². The lowest BCUT2D eigenvalue weighted by Crippen LogP contribution is -2.42. The number of guanidine groups is 1. The summed E-state index contributed by atoms with van der Waals surface area (Å²) in [6.07, 6.45) is 2.29. The second-order valence-electron chi connectivity index (χ2n) is 7.86. The summed E-state index contributed by atoms with van der Waals surface area (Å²) >= 11 is 0. The smallest absolute Gasteiger partial charge is 0.319 e. The first-order valence-electron chi connectivity index (χ1n) is 11.3. The Morgan fingerprint density at radius 1 is 1.03 bits per heavy atom. The van der Waals surface area contributed by atoms with Crippen LogP contribution in [-0.2, 0) is 6.54 Å². The summed E-state index contributed by atoms with van der Waals surface area (Å²) in [6.45, 7) is 17.3. The molecule has 1 atom stereocenters. The van der Waals surface area contributed by atoms with Crippen molar-refractivity contribution in [2.24, 2.45) is 4.99 Å². The van der Waals surface area contributed by atoms with E-state index in [1.807, 2.05) is 38.1 Å². The van der Waals surface area contributed by atoms with Gasteiger partial charge in [-0.05, 0) is 77.9 Å². The fourth-order valence-corrected chi connectivity index (χ4v) is 3.08. The lowest BCUT2D eigenvalue weighted by molar-refractivity contribution is 0.250. The van der Waals surface area contributed by atoms with Crippen LogP contribution >= 0.6 is 0 Å². The third-order valence-electron chi connectivity index (χ3n) is 4.78. The number of benzene rings is 1. The number of nitrogens with zero attached hydrogens (tertiary/aromatic N) is 2. The number of rotatable bonds is 12. The average Bonchev–Trinajstić information content (AvgIpc) is 2.70. The van der Waals surface area contributed by atoms with Gasteiger partial charge in [0.2, 0.25) is 0 Å². The number of hydrogen-bond acceptors (Lipinski definition) is 3. The fraction of sp³-hybridized carbons (Fsp3) is 0.652. The van der Waals surface area contributed by atoms with Crippen molar-refractivity contribution in [2.75, 3.05) is 31.5 Å². The van der Waals surface area contributed by atoms with Crippen LogP contribution in [0.4, 0.5) is 10.5 Å². The summed E-state index contributed by atoms with van der Waals surface area (Å²) in [4.78, 5) is 18.9. The number of anilines is 1. The van der Waals surface area contributed by atoms with Crippen LogP contribution in [0.3, 0.4) is 0 Å². The number of amides is 2. The summed E-state index contributed by atoms with van der Waals surface area (Å²) in [5.74, 6) is 0.839. The minimum atomic E-state index is -0.190. The molecule has 1 aromatic rings. The molecule has 2 amide bonds. The molecule has 0 aliphatic heterocycles. The molecule has 30 heavy (non-hydrogen) atoms. The SMILES string of the molecule is CCNC(=NCc1ccc(NC(=O)NC(C)C)cc1)NC(C)CCCN(CC)CC. The highest BCUT2D eigenvalue weighted by molar-refractivity contribution is 5.89. The number of urea groups is 1. The largest absolute Gasteiger partial charge is 0.357 e. The van der Waals surface area contributed by atoms with Crippen molar-refractivity contribution >= 4 is 17.7 Å². The van der Waals surface area contributed by atoms with Crippen molar-refractivity contribution in [3.05, 3.63) is 29.8 Å². The monoisotopic (exact) mass is 418 g/mol. The summed E-state index contributed by atoms with van der Waals surface area (Å²) in [6, 6.07) is 8.07. The molecule has 1 unspecified atom stereocenters. The highest BCUT2D eigenvalue weighted by atomic mass is 16.2. The minimum absolute atomic E-state index is 0.107. The van der Waals surface area contributed by atoms with E-state index in [9.17, 15) is 4.79 Å². The second kappa shape index (κ2) is 14.7. The zero-order valence-corrected chi connectivity index (χ0v) is 19.7. The first-order valence-corrected chi connectivity index (χ1v) is 11.3. The van der Waals surface area contributed by atoms with E-state index in [1.54, 1.807) is 0 Å². The summed E-state index contributed by atoms with van der Waals surface area (Å²) in [7, 11) is 0. The molecule has 7 nitrogen and oxygen atoms in total. The van der Waals surface area contributed by atoms with E-state index in [2.05, 4.69) is 53.9 Å². The molecule has 1 aromatic carbocycles. The molecule has 0 heterocycles. The molecule has 0 aromatic heterocycles. The van der Waals surface area contributed by atoms with Gasteiger partial charge in [0.15, 0.2) is 5.96 Å². The van der Waals surface area contributed by atoms with E-state index in [-0.39, 0.29) is 12.1 Å². The Hall–Kier alpha value is -2.28. The summed E-state index contributed by atoms with van der Waals surface area (Å²) in [5, 5.41) is 12.5. The number of hydrogen-bond donors (Lipinski definition) is 4. The van der Waals surface area contributed by atoms with Crippen LogP contribution in [0.2, 0.25) is 0 Å². The van der Waals surface area contributed by atoms with Gasteiger partial charge >= 0.3 is 6.03 Å².